The van der Waals surface area contributed by atoms with Crippen molar-refractivity contribution in [2.45, 2.75) is 19.4 Å². The zero-order valence-corrected chi connectivity index (χ0v) is 14.8. The predicted octanol–water partition coefficient (Wildman–Crippen LogP) is 4.34. The number of benzene rings is 2. The Balaban J connectivity index is 1.84. The Labute approximate surface area is 146 Å². The molecule has 0 saturated heterocycles. The lowest BCUT2D eigenvalue weighted by atomic mass is 10.1. The number of rotatable bonds is 8. The van der Waals surface area contributed by atoms with Gasteiger partial charge in [-0.3, -0.25) is 0 Å². The third kappa shape index (κ3) is 5.41. The number of aliphatic hydroxyl groups excluding tert-OH is 1. The maximum atomic E-state index is 10.1. The summed E-state index contributed by atoms with van der Waals surface area (Å²) in [4.78, 5) is 0. The molecule has 4 heteroatoms. The third-order valence-corrected chi connectivity index (χ3v) is 4.36. The van der Waals surface area contributed by atoms with E-state index in [1.54, 1.807) is 0 Å². The number of nitrogens with one attached hydrogen (secondary N) is 1. The second-order valence-corrected chi connectivity index (χ2v) is 6.26. The minimum Gasteiger partial charge on any atom is -0.491 e. The number of aliphatic hydroxyl groups is 1. The molecule has 0 heterocycles. The van der Waals surface area contributed by atoms with Crippen molar-refractivity contribution in [1.29, 1.82) is 0 Å². The van der Waals surface area contributed by atoms with E-state index >= 15 is 0 Å². The van der Waals surface area contributed by atoms with Crippen molar-refractivity contribution in [1.82, 2.24) is 0 Å². The fourth-order valence-electron chi connectivity index (χ4n) is 2.20. The van der Waals surface area contributed by atoms with Gasteiger partial charge in [-0.25, -0.2) is 0 Å². The fourth-order valence-corrected chi connectivity index (χ4v) is 2.45. The number of para-hydroxylation sites is 1. The molecule has 1 atom stereocenters. The highest BCUT2D eigenvalue weighted by Gasteiger charge is 2.08. The zero-order valence-electron chi connectivity index (χ0n) is 13.3. The molecule has 0 aromatic heterocycles. The van der Waals surface area contributed by atoms with E-state index < -0.39 is 6.10 Å². The monoisotopic (exact) mass is 375 g/mol. The molecule has 3 nitrogen and oxygen atoms in total. The average Bonchev–Trinajstić information content (AvgIpc) is 2.55. The molecule has 2 N–H and O–H groups in total. The summed E-state index contributed by atoms with van der Waals surface area (Å²) in [6.07, 6.45) is 2.01. The molecule has 0 saturated carbocycles. The highest BCUT2D eigenvalue weighted by atomic mass is 79.9. The van der Waals surface area contributed by atoms with Gasteiger partial charge in [0.05, 0.1) is 0 Å². The van der Waals surface area contributed by atoms with Crippen LogP contribution in [-0.2, 0) is 6.42 Å². The first-order chi connectivity index (χ1) is 11.1. The summed E-state index contributed by atoms with van der Waals surface area (Å²) in [5, 5.41) is 13.3. The molecule has 2 rings (SSSR count). The first kappa shape index (κ1) is 17.6. The van der Waals surface area contributed by atoms with Gasteiger partial charge in [0.25, 0.3) is 0 Å². The second kappa shape index (κ2) is 8.75. The lowest BCUT2D eigenvalue weighted by Crippen LogP contribution is -2.26. The number of ether oxygens (including phenoxy) is 1. The highest BCUT2D eigenvalue weighted by molar-refractivity contribution is 9.10. The van der Waals surface area contributed by atoms with Crippen molar-refractivity contribution in [3.05, 3.63) is 70.7 Å². The summed E-state index contributed by atoms with van der Waals surface area (Å²) in [6.45, 7) is 6.47. The van der Waals surface area contributed by atoms with Gasteiger partial charge >= 0.3 is 0 Å². The fraction of sp³-hybridized carbons (Fsp3) is 0.263. The van der Waals surface area contributed by atoms with Crippen molar-refractivity contribution >= 4 is 21.6 Å². The van der Waals surface area contributed by atoms with Gasteiger partial charge in [0.2, 0.25) is 0 Å². The maximum absolute atomic E-state index is 10.1. The van der Waals surface area contributed by atoms with Crippen LogP contribution in [0.3, 0.4) is 0 Å². The van der Waals surface area contributed by atoms with Gasteiger partial charge < -0.3 is 15.2 Å². The number of hydrogen-bond acceptors (Lipinski definition) is 3. The molecule has 23 heavy (non-hydrogen) atoms. The molecule has 0 aliphatic carbocycles. The largest absolute Gasteiger partial charge is 0.491 e. The summed E-state index contributed by atoms with van der Waals surface area (Å²) >= 11 is 3.48. The summed E-state index contributed by atoms with van der Waals surface area (Å²) in [5.41, 5.74) is 3.21. The van der Waals surface area contributed by atoms with E-state index in [0.717, 1.165) is 33.5 Å². The van der Waals surface area contributed by atoms with Crippen molar-refractivity contribution in [3.63, 3.8) is 0 Å². The molecule has 0 fully saturated rings. The quantitative estimate of drug-likeness (QED) is 0.674. The van der Waals surface area contributed by atoms with Crippen LogP contribution in [0.2, 0.25) is 0 Å². The molecule has 122 valence electrons. The number of halogens is 1. The van der Waals surface area contributed by atoms with Crippen LogP contribution < -0.4 is 10.1 Å². The topological polar surface area (TPSA) is 41.5 Å². The summed E-state index contributed by atoms with van der Waals surface area (Å²) in [6, 6.07) is 13.8. The molecule has 0 amide bonds. The predicted molar refractivity (Wildman–Crippen MR) is 99.2 cm³/mol. The van der Waals surface area contributed by atoms with E-state index in [0.29, 0.717) is 6.54 Å². The first-order valence-electron chi connectivity index (χ1n) is 7.60. The minimum atomic E-state index is -0.587. The van der Waals surface area contributed by atoms with E-state index in [2.05, 4.69) is 27.8 Å². The number of hydrogen-bond donors (Lipinski definition) is 2. The molecular formula is C19H22BrNO2. The molecule has 0 spiro atoms. The molecule has 0 aliphatic rings. The van der Waals surface area contributed by atoms with Gasteiger partial charge in [0.1, 0.15) is 18.5 Å². The highest BCUT2D eigenvalue weighted by Crippen LogP contribution is 2.21. The Kier molecular flexibility index (Phi) is 6.68. The lowest BCUT2D eigenvalue weighted by molar-refractivity contribution is 0.117. The minimum absolute atomic E-state index is 0.247. The van der Waals surface area contributed by atoms with Gasteiger partial charge in [0.15, 0.2) is 0 Å². The SMILES string of the molecule is C=CCc1ccccc1OCC(O)CNc1ccc(Br)c(C)c1. The summed E-state index contributed by atoms with van der Waals surface area (Å²) < 4.78 is 6.81. The average molecular weight is 376 g/mol. The van der Waals surface area contributed by atoms with E-state index in [1.165, 1.54) is 0 Å². The van der Waals surface area contributed by atoms with E-state index in [4.69, 9.17) is 4.74 Å². The third-order valence-electron chi connectivity index (χ3n) is 3.47. The van der Waals surface area contributed by atoms with Crippen LogP contribution >= 0.6 is 15.9 Å². The van der Waals surface area contributed by atoms with Crippen LogP contribution in [0.1, 0.15) is 11.1 Å². The lowest BCUT2D eigenvalue weighted by Gasteiger charge is -2.16. The van der Waals surface area contributed by atoms with Gasteiger partial charge in [-0.05, 0) is 48.7 Å². The molecule has 2 aromatic carbocycles. The Morgan fingerprint density at radius 2 is 2.09 bits per heavy atom. The number of aryl methyl sites for hydroxylation is 1. The zero-order chi connectivity index (χ0) is 16.7. The Bertz CT molecular complexity index is 658. The molecular weight excluding hydrogens is 354 g/mol. The van der Waals surface area contributed by atoms with Crippen molar-refractivity contribution < 1.29 is 9.84 Å². The summed E-state index contributed by atoms with van der Waals surface area (Å²) in [7, 11) is 0. The Hall–Kier alpha value is -1.78. The van der Waals surface area contributed by atoms with Crippen LogP contribution in [-0.4, -0.2) is 24.4 Å². The Morgan fingerprint density at radius 1 is 1.30 bits per heavy atom. The standard InChI is InChI=1S/C19H22BrNO2/c1-3-6-15-7-4-5-8-19(15)23-13-17(22)12-21-16-9-10-18(20)14(2)11-16/h3-5,7-11,17,21-22H,1,6,12-13H2,2H3. The van der Waals surface area contributed by atoms with Crippen LogP contribution in [0, 0.1) is 6.92 Å². The molecule has 1 unspecified atom stereocenters. The van der Waals surface area contributed by atoms with Crippen molar-refractivity contribution in [2.24, 2.45) is 0 Å². The first-order valence-corrected chi connectivity index (χ1v) is 8.39. The van der Waals surface area contributed by atoms with Crippen LogP contribution in [0.5, 0.6) is 5.75 Å². The van der Waals surface area contributed by atoms with Gasteiger partial charge in [-0.15, -0.1) is 6.58 Å². The van der Waals surface area contributed by atoms with Crippen molar-refractivity contribution in [2.75, 3.05) is 18.5 Å². The Morgan fingerprint density at radius 3 is 2.83 bits per heavy atom. The smallest absolute Gasteiger partial charge is 0.122 e. The normalized spacial score (nSPS) is 11.8. The number of anilines is 1. The van der Waals surface area contributed by atoms with Crippen LogP contribution in [0.25, 0.3) is 0 Å². The van der Waals surface area contributed by atoms with E-state index in [9.17, 15) is 5.11 Å². The van der Waals surface area contributed by atoms with Gasteiger partial charge in [-0.1, -0.05) is 40.2 Å². The van der Waals surface area contributed by atoms with Crippen molar-refractivity contribution in [3.8, 4) is 5.75 Å². The van der Waals surface area contributed by atoms with Gasteiger partial charge in [-0.2, -0.15) is 0 Å². The number of allylic oxidation sites excluding steroid dienone is 1. The molecule has 0 radical (unpaired) electrons. The van der Waals surface area contributed by atoms with Crippen LogP contribution in [0.15, 0.2) is 59.6 Å². The van der Waals surface area contributed by atoms with Gasteiger partial charge in [0, 0.05) is 16.7 Å². The molecule has 0 bridgehead atoms. The molecule has 0 aliphatic heterocycles. The summed E-state index contributed by atoms with van der Waals surface area (Å²) in [5.74, 6) is 0.797. The van der Waals surface area contributed by atoms with Crippen LogP contribution in [0.4, 0.5) is 5.69 Å². The molecule has 2 aromatic rings. The second-order valence-electron chi connectivity index (χ2n) is 5.41. The maximum Gasteiger partial charge on any atom is 0.122 e. The van der Waals surface area contributed by atoms with E-state index in [1.807, 2.05) is 55.5 Å². The van der Waals surface area contributed by atoms with E-state index in [-0.39, 0.29) is 6.61 Å².